The maximum Gasteiger partial charge on any atom is 0.327 e. The summed E-state index contributed by atoms with van der Waals surface area (Å²) in [5.74, 6) is 0.0718. The van der Waals surface area contributed by atoms with E-state index in [1.54, 1.807) is 12.1 Å². The normalized spacial score (nSPS) is 11.2. The number of ether oxygens (including phenoxy) is 2. The van der Waals surface area contributed by atoms with Crippen LogP contribution >= 0.6 is 28.3 Å². The van der Waals surface area contributed by atoms with Crippen molar-refractivity contribution >= 4 is 34.3 Å². The van der Waals surface area contributed by atoms with Crippen LogP contribution in [-0.4, -0.2) is 20.2 Å². The molecule has 0 radical (unpaired) electrons. The maximum absolute atomic E-state index is 11.3. The molecule has 6 heteroatoms. The van der Waals surface area contributed by atoms with E-state index >= 15 is 0 Å². The Morgan fingerprint density at radius 3 is 2.56 bits per heavy atom. The molecule has 1 aromatic carbocycles. The summed E-state index contributed by atoms with van der Waals surface area (Å²) in [6, 6.07) is 4.46. The van der Waals surface area contributed by atoms with E-state index in [0.29, 0.717) is 11.3 Å². The van der Waals surface area contributed by atoms with Gasteiger partial charge in [-0.25, -0.2) is 0 Å². The number of rotatable bonds is 3. The minimum Gasteiger partial charge on any atom is -0.496 e. The van der Waals surface area contributed by atoms with Gasteiger partial charge in [0.1, 0.15) is 11.8 Å². The molecule has 90 valence electrons. The van der Waals surface area contributed by atoms with Crippen LogP contribution in [0.2, 0.25) is 0 Å². The van der Waals surface area contributed by atoms with Gasteiger partial charge in [0.15, 0.2) is 0 Å². The fourth-order valence-corrected chi connectivity index (χ4v) is 1.58. The van der Waals surface area contributed by atoms with E-state index in [9.17, 15) is 4.79 Å². The molecule has 0 amide bonds. The molecule has 1 rings (SSSR count). The minimum atomic E-state index is -0.831. The van der Waals surface area contributed by atoms with Crippen LogP contribution in [0.5, 0.6) is 5.75 Å². The average molecular weight is 311 g/mol. The largest absolute Gasteiger partial charge is 0.496 e. The van der Waals surface area contributed by atoms with Crippen molar-refractivity contribution in [1.82, 2.24) is 0 Å². The molecule has 16 heavy (non-hydrogen) atoms. The lowest BCUT2D eigenvalue weighted by Gasteiger charge is -2.13. The van der Waals surface area contributed by atoms with Gasteiger partial charge in [-0.15, -0.1) is 12.4 Å². The number of methoxy groups -OCH3 is 2. The third-order valence-corrected chi connectivity index (χ3v) is 2.48. The lowest BCUT2D eigenvalue weighted by atomic mass is 10.1. The standard InChI is InChI=1S/C10H12BrNO3.ClH/c1-14-8-4-3-6(11)5-7(8)9(12)10(13)15-2;/h3-5,9H,12H2,1-2H3;1H/t9-;/m1./s1. The second-order valence-electron chi connectivity index (χ2n) is 2.89. The number of esters is 1. The second kappa shape index (κ2) is 6.73. The molecule has 0 unspecified atom stereocenters. The molecule has 0 fully saturated rings. The van der Waals surface area contributed by atoms with Gasteiger partial charge in [-0.3, -0.25) is 4.79 Å². The monoisotopic (exact) mass is 309 g/mol. The third-order valence-electron chi connectivity index (χ3n) is 1.98. The van der Waals surface area contributed by atoms with Gasteiger partial charge in [0.25, 0.3) is 0 Å². The summed E-state index contributed by atoms with van der Waals surface area (Å²) < 4.78 is 10.5. The van der Waals surface area contributed by atoms with Gasteiger partial charge in [0.05, 0.1) is 14.2 Å². The van der Waals surface area contributed by atoms with Gasteiger partial charge in [-0.1, -0.05) is 15.9 Å². The zero-order valence-corrected chi connectivity index (χ0v) is 11.3. The summed E-state index contributed by atoms with van der Waals surface area (Å²) in [6.45, 7) is 0. The molecule has 2 N–H and O–H groups in total. The fraction of sp³-hybridized carbons (Fsp3) is 0.300. The fourth-order valence-electron chi connectivity index (χ4n) is 1.20. The van der Waals surface area contributed by atoms with Crippen LogP contribution in [0.4, 0.5) is 0 Å². The average Bonchev–Trinajstić information content (AvgIpc) is 2.27. The van der Waals surface area contributed by atoms with Crippen molar-refractivity contribution in [2.24, 2.45) is 5.73 Å². The lowest BCUT2D eigenvalue weighted by Crippen LogP contribution is -2.23. The summed E-state index contributed by atoms with van der Waals surface area (Å²) in [6.07, 6.45) is 0. The zero-order valence-electron chi connectivity index (χ0n) is 8.90. The summed E-state index contributed by atoms with van der Waals surface area (Å²) in [5, 5.41) is 0. The molecule has 0 aromatic heterocycles. The van der Waals surface area contributed by atoms with Crippen LogP contribution in [0, 0.1) is 0 Å². The van der Waals surface area contributed by atoms with Crippen LogP contribution in [0.15, 0.2) is 22.7 Å². The smallest absolute Gasteiger partial charge is 0.327 e. The molecule has 0 aliphatic carbocycles. The molecule has 0 spiro atoms. The van der Waals surface area contributed by atoms with Crippen LogP contribution < -0.4 is 10.5 Å². The van der Waals surface area contributed by atoms with E-state index in [4.69, 9.17) is 10.5 Å². The first-order valence-corrected chi connectivity index (χ1v) is 5.06. The Hall–Kier alpha value is -0.780. The second-order valence-corrected chi connectivity index (χ2v) is 3.80. The summed E-state index contributed by atoms with van der Waals surface area (Å²) in [4.78, 5) is 11.3. The molecule has 1 aromatic rings. The first-order valence-electron chi connectivity index (χ1n) is 4.27. The number of carbonyl (C=O) groups is 1. The molecule has 0 aliphatic heterocycles. The highest BCUT2D eigenvalue weighted by atomic mass is 79.9. The molecule has 4 nitrogen and oxygen atoms in total. The molecule has 0 saturated carbocycles. The number of carbonyl (C=O) groups excluding carboxylic acids is 1. The number of hydrogen-bond acceptors (Lipinski definition) is 4. The Morgan fingerprint density at radius 2 is 2.06 bits per heavy atom. The quantitative estimate of drug-likeness (QED) is 0.868. The Kier molecular flexibility index (Phi) is 6.40. The molecular weight excluding hydrogens is 297 g/mol. The number of nitrogens with two attached hydrogens (primary N) is 1. The van der Waals surface area contributed by atoms with Gasteiger partial charge in [0, 0.05) is 10.0 Å². The zero-order chi connectivity index (χ0) is 11.4. The van der Waals surface area contributed by atoms with E-state index in [1.807, 2.05) is 6.07 Å². The highest BCUT2D eigenvalue weighted by molar-refractivity contribution is 9.10. The van der Waals surface area contributed by atoms with Crippen molar-refractivity contribution in [3.05, 3.63) is 28.2 Å². The van der Waals surface area contributed by atoms with Gasteiger partial charge < -0.3 is 15.2 Å². The first-order chi connectivity index (χ1) is 7.10. The Bertz CT molecular complexity index is 373. The van der Waals surface area contributed by atoms with Gasteiger partial charge in [0.2, 0.25) is 0 Å². The van der Waals surface area contributed by atoms with Gasteiger partial charge in [-0.05, 0) is 18.2 Å². The van der Waals surface area contributed by atoms with E-state index < -0.39 is 12.0 Å². The predicted molar refractivity (Wildman–Crippen MR) is 66.9 cm³/mol. The highest BCUT2D eigenvalue weighted by Gasteiger charge is 2.20. The number of halogens is 2. The Balaban J connectivity index is 0.00000225. The van der Waals surface area contributed by atoms with Crippen molar-refractivity contribution in [3.8, 4) is 5.75 Å². The van der Waals surface area contributed by atoms with Gasteiger partial charge >= 0.3 is 5.97 Å². The van der Waals surface area contributed by atoms with Crippen LogP contribution in [0.1, 0.15) is 11.6 Å². The van der Waals surface area contributed by atoms with Crippen molar-refractivity contribution in [1.29, 1.82) is 0 Å². The molecule has 0 saturated heterocycles. The Morgan fingerprint density at radius 1 is 1.44 bits per heavy atom. The third kappa shape index (κ3) is 3.37. The first kappa shape index (κ1) is 15.2. The molecule has 1 atom stereocenters. The number of benzene rings is 1. The predicted octanol–water partition coefficient (Wildman–Crippen LogP) is 2.05. The van der Waals surface area contributed by atoms with E-state index in [2.05, 4.69) is 20.7 Å². The van der Waals surface area contributed by atoms with E-state index in [-0.39, 0.29) is 12.4 Å². The van der Waals surface area contributed by atoms with Crippen LogP contribution in [0.25, 0.3) is 0 Å². The van der Waals surface area contributed by atoms with Crippen molar-refractivity contribution in [3.63, 3.8) is 0 Å². The lowest BCUT2D eigenvalue weighted by molar-refractivity contribution is -0.142. The van der Waals surface area contributed by atoms with Crippen molar-refractivity contribution < 1.29 is 14.3 Å². The van der Waals surface area contributed by atoms with Gasteiger partial charge in [-0.2, -0.15) is 0 Å². The SMILES string of the molecule is COC(=O)[C@H](N)c1cc(Br)ccc1OC.Cl. The summed E-state index contributed by atoms with van der Waals surface area (Å²) in [5.41, 5.74) is 6.31. The highest BCUT2D eigenvalue weighted by Crippen LogP contribution is 2.27. The molecule has 0 aliphatic rings. The molecular formula is C10H13BrClNO3. The topological polar surface area (TPSA) is 61.5 Å². The van der Waals surface area contributed by atoms with E-state index in [1.165, 1.54) is 14.2 Å². The summed E-state index contributed by atoms with van der Waals surface area (Å²) in [7, 11) is 2.82. The number of hydrogen-bond donors (Lipinski definition) is 1. The summed E-state index contributed by atoms with van der Waals surface area (Å²) >= 11 is 3.30. The minimum absolute atomic E-state index is 0. The molecule has 0 heterocycles. The molecule has 0 bridgehead atoms. The maximum atomic E-state index is 11.3. The van der Waals surface area contributed by atoms with Crippen molar-refractivity contribution in [2.45, 2.75) is 6.04 Å². The van der Waals surface area contributed by atoms with Crippen LogP contribution in [0.3, 0.4) is 0 Å². The van der Waals surface area contributed by atoms with Crippen molar-refractivity contribution in [2.75, 3.05) is 14.2 Å². The Labute approximate surface area is 109 Å². The van der Waals surface area contributed by atoms with E-state index in [0.717, 1.165) is 4.47 Å². The van der Waals surface area contributed by atoms with Crippen LogP contribution in [-0.2, 0) is 9.53 Å².